The number of hydrogen-bond donors (Lipinski definition) is 1. The van der Waals surface area contributed by atoms with Crippen molar-refractivity contribution in [2.45, 2.75) is 26.5 Å². The molecule has 1 aliphatic heterocycles. The van der Waals surface area contributed by atoms with Crippen molar-refractivity contribution in [1.29, 1.82) is 0 Å². The van der Waals surface area contributed by atoms with Crippen LogP contribution in [0.25, 0.3) is 0 Å². The Hall–Kier alpha value is -3.68. The number of nitrogens with zero attached hydrogens (tertiary/aromatic N) is 1. The quantitative estimate of drug-likeness (QED) is 0.516. The predicted octanol–water partition coefficient (Wildman–Crippen LogP) is 2.78. The Morgan fingerprint density at radius 2 is 1.48 bits per heavy atom. The lowest BCUT2D eigenvalue weighted by Crippen LogP contribution is -2.46. The summed E-state index contributed by atoms with van der Waals surface area (Å²) in [5.74, 6) is -1.75. The zero-order valence-electron chi connectivity index (χ0n) is 17.4. The van der Waals surface area contributed by atoms with Crippen LogP contribution < -0.4 is 5.32 Å². The van der Waals surface area contributed by atoms with E-state index in [1.54, 1.807) is 38.1 Å². The van der Waals surface area contributed by atoms with Gasteiger partial charge in [-0.2, -0.15) is 0 Å². The van der Waals surface area contributed by atoms with Gasteiger partial charge < -0.3 is 14.8 Å². The van der Waals surface area contributed by atoms with Crippen LogP contribution in [0.2, 0.25) is 0 Å². The van der Waals surface area contributed by atoms with E-state index >= 15 is 0 Å². The fraction of sp³-hybridized carbons (Fsp3) is 0.304. The van der Waals surface area contributed by atoms with E-state index in [0.29, 0.717) is 11.1 Å². The van der Waals surface area contributed by atoms with Gasteiger partial charge in [-0.15, -0.1) is 0 Å². The Morgan fingerprint density at radius 1 is 0.903 bits per heavy atom. The van der Waals surface area contributed by atoms with Crippen LogP contribution in [0.3, 0.4) is 0 Å². The number of carbonyl (C=O) groups excluding carboxylic acids is 4. The van der Waals surface area contributed by atoms with Crippen molar-refractivity contribution < 1.29 is 28.7 Å². The molecule has 8 nitrogen and oxygen atoms in total. The maximum atomic E-state index is 12.5. The van der Waals surface area contributed by atoms with Gasteiger partial charge >= 0.3 is 12.1 Å². The lowest BCUT2D eigenvalue weighted by molar-refractivity contribution is -0.147. The average molecular weight is 424 g/mol. The van der Waals surface area contributed by atoms with Crippen LogP contribution in [-0.4, -0.2) is 48.0 Å². The van der Waals surface area contributed by atoms with E-state index in [1.807, 2.05) is 30.3 Å². The SMILES string of the molecule is CC(C)[C@@H](NC(=O)OCc1ccccc1)C(=O)OCCN1C(=O)c2ccccc2C1=O. The largest absolute Gasteiger partial charge is 0.462 e. The van der Waals surface area contributed by atoms with Crippen LogP contribution in [-0.2, 0) is 20.9 Å². The minimum Gasteiger partial charge on any atom is -0.462 e. The van der Waals surface area contributed by atoms with Gasteiger partial charge in [0.2, 0.25) is 0 Å². The summed E-state index contributed by atoms with van der Waals surface area (Å²) in [5, 5.41) is 2.51. The molecule has 0 unspecified atom stereocenters. The Kier molecular flexibility index (Phi) is 7.02. The third kappa shape index (κ3) is 5.28. The highest BCUT2D eigenvalue weighted by Crippen LogP contribution is 2.22. The smallest absolute Gasteiger partial charge is 0.408 e. The van der Waals surface area contributed by atoms with Gasteiger partial charge in [-0.1, -0.05) is 56.3 Å². The molecule has 0 bridgehead atoms. The maximum Gasteiger partial charge on any atom is 0.408 e. The van der Waals surface area contributed by atoms with Crippen LogP contribution in [0.4, 0.5) is 4.79 Å². The van der Waals surface area contributed by atoms with E-state index in [1.165, 1.54) is 0 Å². The Labute approximate surface area is 180 Å². The summed E-state index contributed by atoms with van der Waals surface area (Å²) in [6.45, 7) is 3.35. The summed E-state index contributed by atoms with van der Waals surface area (Å²) < 4.78 is 10.4. The number of imide groups is 1. The Morgan fingerprint density at radius 3 is 2.06 bits per heavy atom. The van der Waals surface area contributed by atoms with Crippen LogP contribution in [0, 0.1) is 5.92 Å². The number of esters is 1. The molecule has 162 valence electrons. The van der Waals surface area contributed by atoms with Crippen molar-refractivity contribution in [2.75, 3.05) is 13.2 Å². The zero-order valence-corrected chi connectivity index (χ0v) is 17.4. The van der Waals surface area contributed by atoms with E-state index in [2.05, 4.69) is 5.32 Å². The summed E-state index contributed by atoms with van der Waals surface area (Å²) in [4.78, 5) is 50.3. The molecule has 0 aliphatic carbocycles. The van der Waals surface area contributed by atoms with Gasteiger partial charge in [-0.05, 0) is 23.6 Å². The molecule has 8 heteroatoms. The van der Waals surface area contributed by atoms with Crippen molar-refractivity contribution in [1.82, 2.24) is 10.2 Å². The first-order valence-electron chi connectivity index (χ1n) is 9.97. The van der Waals surface area contributed by atoms with E-state index < -0.39 is 29.9 Å². The number of amides is 3. The van der Waals surface area contributed by atoms with Gasteiger partial charge in [-0.3, -0.25) is 14.5 Å². The molecule has 0 fully saturated rings. The van der Waals surface area contributed by atoms with E-state index in [0.717, 1.165) is 10.5 Å². The zero-order chi connectivity index (χ0) is 22.4. The predicted molar refractivity (Wildman–Crippen MR) is 111 cm³/mol. The third-order valence-electron chi connectivity index (χ3n) is 4.84. The first kappa shape index (κ1) is 22.0. The fourth-order valence-electron chi connectivity index (χ4n) is 3.16. The van der Waals surface area contributed by atoms with Gasteiger partial charge in [0.1, 0.15) is 19.3 Å². The molecule has 0 aromatic heterocycles. The second-order valence-electron chi connectivity index (χ2n) is 7.40. The average Bonchev–Trinajstić information content (AvgIpc) is 3.01. The molecular formula is C23H24N2O6. The summed E-state index contributed by atoms with van der Waals surface area (Å²) in [6.07, 6.45) is -0.736. The number of benzene rings is 2. The monoisotopic (exact) mass is 424 g/mol. The molecule has 2 aromatic carbocycles. The standard InChI is InChI=1S/C23H24N2O6/c1-15(2)19(24-23(29)31-14-16-8-4-3-5-9-16)22(28)30-13-12-25-20(26)17-10-6-7-11-18(17)21(25)27/h3-11,15,19H,12-14H2,1-2H3,(H,24,29)/t19-/m1/s1. The molecule has 1 heterocycles. The summed E-state index contributed by atoms with van der Waals surface area (Å²) in [6, 6.07) is 14.8. The molecular weight excluding hydrogens is 400 g/mol. The van der Waals surface area contributed by atoms with Crippen LogP contribution in [0.15, 0.2) is 54.6 Å². The molecule has 0 radical (unpaired) electrons. The highest BCUT2D eigenvalue weighted by molar-refractivity contribution is 6.21. The number of fused-ring (bicyclic) bond motifs is 1. The second kappa shape index (κ2) is 9.88. The molecule has 1 aliphatic rings. The van der Waals surface area contributed by atoms with Gasteiger partial charge in [0.25, 0.3) is 11.8 Å². The molecule has 1 atom stereocenters. The van der Waals surface area contributed by atoms with Crippen LogP contribution in [0.5, 0.6) is 0 Å². The lowest BCUT2D eigenvalue weighted by atomic mass is 10.1. The van der Waals surface area contributed by atoms with Crippen molar-refractivity contribution in [3.8, 4) is 0 Å². The highest BCUT2D eigenvalue weighted by atomic mass is 16.6. The van der Waals surface area contributed by atoms with Crippen LogP contribution in [0.1, 0.15) is 40.1 Å². The first-order valence-corrected chi connectivity index (χ1v) is 9.97. The van der Waals surface area contributed by atoms with E-state index in [9.17, 15) is 19.2 Å². The molecule has 0 spiro atoms. The first-order chi connectivity index (χ1) is 14.9. The van der Waals surface area contributed by atoms with E-state index in [-0.39, 0.29) is 25.7 Å². The topological polar surface area (TPSA) is 102 Å². The molecule has 0 saturated carbocycles. The Bertz CT molecular complexity index is 938. The van der Waals surface area contributed by atoms with Crippen molar-refractivity contribution in [2.24, 2.45) is 5.92 Å². The fourth-order valence-corrected chi connectivity index (χ4v) is 3.16. The molecule has 3 amide bonds. The molecule has 1 N–H and O–H groups in total. The van der Waals surface area contributed by atoms with Gasteiger partial charge in [0, 0.05) is 0 Å². The molecule has 2 aromatic rings. The number of alkyl carbamates (subject to hydrolysis) is 1. The van der Waals surface area contributed by atoms with Gasteiger partial charge in [0.05, 0.1) is 17.7 Å². The minimum atomic E-state index is -0.926. The number of nitrogens with one attached hydrogen (secondary N) is 1. The maximum absolute atomic E-state index is 12.5. The van der Waals surface area contributed by atoms with Crippen molar-refractivity contribution >= 4 is 23.9 Å². The van der Waals surface area contributed by atoms with Gasteiger partial charge in [-0.25, -0.2) is 9.59 Å². The third-order valence-corrected chi connectivity index (χ3v) is 4.84. The normalized spacial score (nSPS) is 13.7. The molecule has 0 saturated heterocycles. The van der Waals surface area contributed by atoms with Gasteiger partial charge in [0.15, 0.2) is 0 Å². The summed E-state index contributed by atoms with van der Waals surface area (Å²) in [5.41, 5.74) is 1.49. The van der Waals surface area contributed by atoms with E-state index in [4.69, 9.17) is 9.47 Å². The number of carbonyl (C=O) groups is 4. The lowest BCUT2D eigenvalue weighted by Gasteiger charge is -2.21. The highest BCUT2D eigenvalue weighted by Gasteiger charge is 2.35. The summed E-state index contributed by atoms with van der Waals surface area (Å²) in [7, 11) is 0. The molecule has 31 heavy (non-hydrogen) atoms. The Balaban J connectivity index is 1.49. The number of ether oxygens (including phenoxy) is 2. The second-order valence-corrected chi connectivity index (χ2v) is 7.40. The van der Waals surface area contributed by atoms with Crippen molar-refractivity contribution in [3.63, 3.8) is 0 Å². The summed E-state index contributed by atoms with van der Waals surface area (Å²) >= 11 is 0. The molecule has 3 rings (SSSR count). The number of hydrogen-bond acceptors (Lipinski definition) is 6. The van der Waals surface area contributed by atoms with Crippen molar-refractivity contribution in [3.05, 3.63) is 71.3 Å². The minimum absolute atomic E-state index is 0.0681. The van der Waals surface area contributed by atoms with Crippen LogP contribution >= 0.6 is 0 Å². The number of rotatable bonds is 8.